The molecular formula is C15H22N2O4. The number of amides is 2. The molecule has 1 aromatic carbocycles. The van der Waals surface area contributed by atoms with E-state index in [0.29, 0.717) is 31.0 Å². The van der Waals surface area contributed by atoms with Gasteiger partial charge >= 0.3 is 12.0 Å². The molecule has 0 aliphatic heterocycles. The molecule has 0 atom stereocenters. The first-order chi connectivity index (χ1) is 10.1. The van der Waals surface area contributed by atoms with E-state index in [1.807, 2.05) is 0 Å². The van der Waals surface area contributed by atoms with Crippen molar-refractivity contribution in [3.8, 4) is 0 Å². The molecule has 0 bridgehead atoms. The molecule has 0 spiro atoms. The van der Waals surface area contributed by atoms with Crippen LogP contribution in [0.3, 0.4) is 0 Å². The summed E-state index contributed by atoms with van der Waals surface area (Å²) in [4.78, 5) is 22.3. The molecule has 0 radical (unpaired) electrons. The number of carbonyl (C=O) groups excluding carboxylic acids is 1. The molecule has 0 saturated carbocycles. The minimum absolute atomic E-state index is 0.0671. The van der Waals surface area contributed by atoms with Crippen molar-refractivity contribution in [2.45, 2.75) is 26.2 Å². The van der Waals surface area contributed by atoms with Crippen LogP contribution in [0.5, 0.6) is 0 Å². The van der Waals surface area contributed by atoms with E-state index in [0.717, 1.165) is 12.8 Å². The van der Waals surface area contributed by atoms with Gasteiger partial charge in [-0.1, -0.05) is 25.5 Å². The summed E-state index contributed by atoms with van der Waals surface area (Å²) >= 11 is 0. The van der Waals surface area contributed by atoms with E-state index in [9.17, 15) is 9.59 Å². The second kappa shape index (κ2) is 9.77. The Kier molecular flexibility index (Phi) is 7.89. The van der Waals surface area contributed by atoms with Gasteiger partial charge in [0.1, 0.15) is 0 Å². The van der Waals surface area contributed by atoms with Crippen molar-refractivity contribution >= 4 is 17.7 Å². The monoisotopic (exact) mass is 294 g/mol. The molecule has 0 saturated heterocycles. The van der Waals surface area contributed by atoms with Crippen LogP contribution in [0.15, 0.2) is 24.3 Å². The largest absolute Gasteiger partial charge is 0.481 e. The van der Waals surface area contributed by atoms with Crippen molar-refractivity contribution in [3.05, 3.63) is 29.8 Å². The first-order valence-electron chi connectivity index (χ1n) is 7.05. The van der Waals surface area contributed by atoms with Crippen LogP contribution >= 0.6 is 0 Å². The molecule has 0 fully saturated rings. The molecule has 0 heterocycles. The molecule has 6 nitrogen and oxygen atoms in total. The van der Waals surface area contributed by atoms with Crippen LogP contribution in [-0.4, -0.2) is 36.9 Å². The van der Waals surface area contributed by atoms with Gasteiger partial charge in [-0.25, -0.2) is 4.79 Å². The second-order valence-corrected chi connectivity index (χ2v) is 4.62. The molecule has 0 aliphatic carbocycles. The summed E-state index contributed by atoms with van der Waals surface area (Å²) in [7, 11) is 0. The maximum atomic E-state index is 11.6. The zero-order chi connectivity index (χ0) is 15.5. The van der Waals surface area contributed by atoms with E-state index in [1.54, 1.807) is 24.3 Å². The average molecular weight is 294 g/mol. The van der Waals surface area contributed by atoms with Gasteiger partial charge in [0.15, 0.2) is 0 Å². The fourth-order valence-electron chi connectivity index (χ4n) is 1.69. The first kappa shape index (κ1) is 17.0. The zero-order valence-corrected chi connectivity index (χ0v) is 12.2. The number of urea groups is 1. The summed E-state index contributed by atoms with van der Waals surface area (Å²) < 4.78 is 5.33. The number of rotatable bonds is 9. The van der Waals surface area contributed by atoms with Gasteiger partial charge in [0.05, 0.1) is 13.0 Å². The minimum atomic E-state index is -0.902. The van der Waals surface area contributed by atoms with Crippen LogP contribution in [0.2, 0.25) is 0 Å². The van der Waals surface area contributed by atoms with Crippen molar-refractivity contribution in [3.63, 3.8) is 0 Å². The van der Waals surface area contributed by atoms with Gasteiger partial charge in [0.2, 0.25) is 0 Å². The molecule has 3 N–H and O–H groups in total. The molecule has 1 aromatic rings. The number of nitrogens with one attached hydrogen (secondary N) is 2. The highest BCUT2D eigenvalue weighted by atomic mass is 16.5. The number of hydrogen-bond donors (Lipinski definition) is 3. The molecule has 0 aromatic heterocycles. The Morgan fingerprint density at radius 1 is 1.29 bits per heavy atom. The minimum Gasteiger partial charge on any atom is -0.481 e. The number of aliphatic carboxylic acids is 1. The lowest BCUT2D eigenvalue weighted by molar-refractivity contribution is -0.136. The van der Waals surface area contributed by atoms with Gasteiger partial charge in [-0.2, -0.15) is 0 Å². The summed E-state index contributed by atoms with van der Waals surface area (Å²) in [6.45, 7) is 3.71. The topological polar surface area (TPSA) is 87.7 Å². The van der Waals surface area contributed by atoms with Gasteiger partial charge in [-0.3, -0.25) is 4.79 Å². The normalized spacial score (nSPS) is 10.1. The quantitative estimate of drug-likeness (QED) is 0.610. The predicted molar refractivity (Wildman–Crippen MR) is 80.5 cm³/mol. The third-order valence-corrected chi connectivity index (χ3v) is 2.71. The maximum Gasteiger partial charge on any atom is 0.319 e. The maximum absolute atomic E-state index is 11.6. The average Bonchev–Trinajstić information content (AvgIpc) is 2.42. The number of anilines is 1. The van der Waals surface area contributed by atoms with Crippen molar-refractivity contribution in [2.24, 2.45) is 0 Å². The van der Waals surface area contributed by atoms with E-state index in [2.05, 4.69) is 17.6 Å². The number of unbranched alkanes of at least 4 members (excludes halogenated alkanes) is 1. The fourth-order valence-corrected chi connectivity index (χ4v) is 1.69. The Bertz CT molecular complexity index is 463. The first-order valence-corrected chi connectivity index (χ1v) is 7.05. The molecule has 21 heavy (non-hydrogen) atoms. The summed E-state index contributed by atoms with van der Waals surface area (Å²) in [5.74, 6) is -0.902. The highest BCUT2D eigenvalue weighted by Crippen LogP contribution is 2.11. The second-order valence-electron chi connectivity index (χ2n) is 4.62. The van der Waals surface area contributed by atoms with E-state index in [4.69, 9.17) is 9.84 Å². The van der Waals surface area contributed by atoms with Gasteiger partial charge < -0.3 is 20.5 Å². The van der Waals surface area contributed by atoms with Crippen LogP contribution in [0.25, 0.3) is 0 Å². The van der Waals surface area contributed by atoms with Gasteiger partial charge in [0.25, 0.3) is 0 Å². The molecule has 116 valence electrons. The van der Waals surface area contributed by atoms with E-state index in [-0.39, 0.29) is 12.5 Å². The number of hydrogen-bond acceptors (Lipinski definition) is 3. The van der Waals surface area contributed by atoms with Gasteiger partial charge in [-0.15, -0.1) is 0 Å². The summed E-state index contributed by atoms with van der Waals surface area (Å²) in [6.07, 6.45) is 2.03. The van der Waals surface area contributed by atoms with Crippen LogP contribution in [0.1, 0.15) is 25.3 Å². The lowest BCUT2D eigenvalue weighted by Gasteiger charge is -2.09. The van der Waals surface area contributed by atoms with Crippen LogP contribution in [0, 0.1) is 0 Å². The Morgan fingerprint density at radius 3 is 2.81 bits per heavy atom. The molecule has 1 rings (SSSR count). The third kappa shape index (κ3) is 7.94. The van der Waals surface area contributed by atoms with E-state index >= 15 is 0 Å². The number of ether oxygens (including phenoxy) is 1. The van der Waals surface area contributed by atoms with Crippen LogP contribution in [-0.2, 0) is 16.0 Å². The third-order valence-electron chi connectivity index (χ3n) is 2.71. The van der Waals surface area contributed by atoms with E-state index < -0.39 is 5.97 Å². The molecule has 2 amide bonds. The Morgan fingerprint density at radius 2 is 2.10 bits per heavy atom. The molecule has 6 heteroatoms. The summed E-state index contributed by atoms with van der Waals surface area (Å²) in [6, 6.07) is 6.44. The number of carbonyl (C=O) groups is 2. The van der Waals surface area contributed by atoms with Crippen molar-refractivity contribution in [2.75, 3.05) is 25.1 Å². The standard InChI is InChI=1S/C15H22N2O4/c1-2-3-8-21-9-7-16-15(20)17-13-6-4-5-12(10-13)11-14(18)19/h4-6,10H,2-3,7-9,11H2,1H3,(H,18,19)(H2,16,17,20). The van der Waals surface area contributed by atoms with Gasteiger partial charge in [-0.05, 0) is 24.1 Å². The molecule has 0 aliphatic rings. The summed E-state index contributed by atoms with van der Waals surface area (Å²) in [5, 5.41) is 14.1. The molecular weight excluding hydrogens is 272 g/mol. The highest BCUT2D eigenvalue weighted by molar-refractivity contribution is 5.89. The Balaban J connectivity index is 2.29. The fraction of sp³-hybridized carbons (Fsp3) is 0.467. The number of carboxylic acid groups (broad SMARTS) is 1. The summed E-state index contributed by atoms with van der Waals surface area (Å²) in [5.41, 5.74) is 1.21. The zero-order valence-electron chi connectivity index (χ0n) is 12.2. The smallest absolute Gasteiger partial charge is 0.319 e. The van der Waals surface area contributed by atoms with E-state index in [1.165, 1.54) is 0 Å². The van der Waals surface area contributed by atoms with Crippen LogP contribution in [0.4, 0.5) is 10.5 Å². The van der Waals surface area contributed by atoms with Crippen LogP contribution < -0.4 is 10.6 Å². The van der Waals surface area contributed by atoms with Gasteiger partial charge in [0, 0.05) is 18.8 Å². The SMILES string of the molecule is CCCCOCCNC(=O)Nc1cccc(CC(=O)O)c1. The van der Waals surface area contributed by atoms with Crippen molar-refractivity contribution in [1.29, 1.82) is 0 Å². The lowest BCUT2D eigenvalue weighted by Crippen LogP contribution is -2.31. The highest BCUT2D eigenvalue weighted by Gasteiger charge is 2.04. The van der Waals surface area contributed by atoms with Crippen molar-refractivity contribution in [1.82, 2.24) is 5.32 Å². The lowest BCUT2D eigenvalue weighted by atomic mass is 10.1. The number of carboxylic acids is 1. The van der Waals surface area contributed by atoms with Crippen molar-refractivity contribution < 1.29 is 19.4 Å². The predicted octanol–water partition coefficient (Wildman–Crippen LogP) is 2.25. The Labute approximate surface area is 124 Å². The molecule has 0 unspecified atom stereocenters. The number of benzene rings is 1. The Hall–Kier alpha value is -2.08.